The van der Waals surface area contributed by atoms with E-state index in [0.717, 1.165) is 5.56 Å². The van der Waals surface area contributed by atoms with E-state index in [1.807, 2.05) is 18.2 Å². The molecule has 0 fully saturated rings. The largest absolute Gasteiger partial charge is 0.384 e. The van der Waals surface area contributed by atoms with Crippen LogP contribution < -0.4 is 5.73 Å². The molecule has 2 aromatic heterocycles. The first-order valence-electron chi connectivity index (χ1n) is 5.82. The van der Waals surface area contributed by atoms with Crippen LogP contribution in [0, 0.1) is 0 Å². The van der Waals surface area contributed by atoms with Gasteiger partial charge in [-0.3, -0.25) is 4.79 Å². The normalized spacial score (nSPS) is 12.5. The summed E-state index contributed by atoms with van der Waals surface area (Å²) in [5.41, 5.74) is 9.11. The Morgan fingerprint density at radius 3 is 2.47 bits per heavy atom. The van der Waals surface area contributed by atoms with Gasteiger partial charge in [0.05, 0.1) is 0 Å². The van der Waals surface area contributed by atoms with Crippen LogP contribution in [-0.4, -0.2) is 20.7 Å². The lowest BCUT2D eigenvalue weighted by Crippen LogP contribution is -2.01. The Morgan fingerprint density at radius 2 is 1.63 bits per heavy atom. The second kappa shape index (κ2) is 3.35. The van der Waals surface area contributed by atoms with Crippen LogP contribution >= 0.6 is 0 Å². The number of aromatic nitrogens is 3. The summed E-state index contributed by atoms with van der Waals surface area (Å²) >= 11 is 0. The molecule has 0 radical (unpaired) electrons. The van der Waals surface area contributed by atoms with Crippen LogP contribution in [0.2, 0.25) is 0 Å². The minimum Gasteiger partial charge on any atom is -0.384 e. The van der Waals surface area contributed by atoms with E-state index in [2.05, 4.69) is 15.0 Å². The van der Waals surface area contributed by atoms with Crippen LogP contribution in [0.4, 0.5) is 5.82 Å². The molecule has 90 valence electrons. The summed E-state index contributed by atoms with van der Waals surface area (Å²) in [4.78, 5) is 25.2. The molecular formula is C14H8N4O. The second-order valence-electron chi connectivity index (χ2n) is 4.37. The SMILES string of the molecule is Nc1ccc2nc3c(nc2n1)-c1ccccc1C3=O. The summed E-state index contributed by atoms with van der Waals surface area (Å²) in [6.45, 7) is 0. The maximum absolute atomic E-state index is 12.3. The molecule has 0 unspecified atom stereocenters. The molecule has 1 aliphatic rings. The molecule has 0 aliphatic heterocycles. The molecule has 0 spiro atoms. The van der Waals surface area contributed by atoms with Crippen molar-refractivity contribution in [2.75, 3.05) is 5.73 Å². The van der Waals surface area contributed by atoms with E-state index < -0.39 is 0 Å². The van der Waals surface area contributed by atoms with Crippen LogP contribution in [0.25, 0.3) is 22.4 Å². The summed E-state index contributed by atoms with van der Waals surface area (Å²) in [7, 11) is 0. The quantitative estimate of drug-likeness (QED) is 0.513. The van der Waals surface area contributed by atoms with Crippen LogP contribution in [0.3, 0.4) is 0 Å². The first-order valence-corrected chi connectivity index (χ1v) is 5.82. The van der Waals surface area contributed by atoms with Crippen molar-refractivity contribution in [1.82, 2.24) is 15.0 Å². The predicted molar refractivity (Wildman–Crippen MR) is 70.6 cm³/mol. The Bertz CT molecular complexity index is 857. The highest BCUT2D eigenvalue weighted by Crippen LogP contribution is 2.34. The number of rotatable bonds is 0. The van der Waals surface area contributed by atoms with E-state index in [0.29, 0.717) is 33.9 Å². The fourth-order valence-corrected chi connectivity index (χ4v) is 2.32. The third-order valence-electron chi connectivity index (χ3n) is 3.19. The maximum atomic E-state index is 12.3. The number of nitrogens with zero attached hydrogens (tertiary/aromatic N) is 3. The van der Waals surface area contributed by atoms with Crippen molar-refractivity contribution in [2.24, 2.45) is 0 Å². The number of nitrogen functional groups attached to an aromatic ring is 1. The molecule has 0 saturated heterocycles. The lowest BCUT2D eigenvalue weighted by Gasteiger charge is -2.01. The zero-order valence-corrected chi connectivity index (χ0v) is 9.79. The highest BCUT2D eigenvalue weighted by molar-refractivity contribution is 6.20. The van der Waals surface area contributed by atoms with Gasteiger partial charge in [-0.15, -0.1) is 0 Å². The topological polar surface area (TPSA) is 81.8 Å². The van der Waals surface area contributed by atoms with Crippen molar-refractivity contribution in [2.45, 2.75) is 0 Å². The number of nitrogens with two attached hydrogens (primary N) is 1. The molecule has 5 heteroatoms. The maximum Gasteiger partial charge on any atom is 0.214 e. The van der Waals surface area contributed by atoms with E-state index in [9.17, 15) is 4.79 Å². The number of benzene rings is 1. The molecule has 19 heavy (non-hydrogen) atoms. The van der Waals surface area contributed by atoms with E-state index in [1.54, 1.807) is 18.2 Å². The molecule has 0 atom stereocenters. The first kappa shape index (κ1) is 10.1. The Morgan fingerprint density at radius 1 is 0.842 bits per heavy atom. The zero-order valence-electron chi connectivity index (χ0n) is 9.79. The van der Waals surface area contributed by atoms with Gasteiger partial charge in [-0.25, -0.2) is 15.0 Å². The van der Waals surface area contributed by atoms with E-state index in [-0.39, 0.29) is 5.78 Å². The first-order chi connectivity index (χ1) is 9.24. The highest BCUT2D eigenvalue weighted by Gasteiger charge is 2.29. The van der Waals surface area contributed by atoms with Gasteiger partial charge in [0.1, 0.15) is 22.7 Å². The van der Waals surface area contributed by atoms with Crippen molar-refractivity contribution >= 4 is 22.8 Å². The number of fused-ring (bicyclic) bond motifs is 4. The summed E-state index contributed by atoms with van der Waals surface area (Å²) in [5, 5.41) is 0. The number of hydrogen-bond acceptors (Lipinski definition) is 5. The minimum atomic E-state index is -0.0863. The number of carbonyl (C=O) groups excluding carboxylic acids is 1. The van der Waals surface area contributed by atoms with Gasteiger partial charge in [0.25, 0.3) is 0 Å². The Kier molecular flexibility index (Phi) is 1.79. The third kappa shape index (κ3) is 1.29. The van der Waals surface area contributed by atoms with E-state index >= 15 is 0 Å². The van der Waals surface area contributed by atoms with Crippen molar-refractivity contribution < 1.29 is 4.79 Å². The smallest absolute Gasteiger partial charge is 0.214 e. The number of carbonyl (C=O) groups is 1. The molecule has 0 bridgehead atoms. The molecule has 2 heterocycles. The number of ketones is 1. The van der Waals surface area contributed by atoms with Crippen LogP contribution in [-0.2, 0) is 0 Å². The van der Waals surface area contributed by atoms with Crippen LogP contribution in [0.5, 0.6) is 0 Å². The minimum absolute atomic E-state index is 0.0863. The van der Waals surface area contributed by atoms with Crippen LogP contribution in [0.1, 0.15) is 16.1 Å². The number of pyridine rings is 1. The second-order valence-corrected chi connectivity index (χ2v) is 4.37. The zero-order chi connectivity index (χ0) is 13.0. The molecule has 1 aromatic carbocycles. The van der Waals surface area contributed by atoms with Crippen LogP contribution in [0.15, 0.2) is 36.4 Å². The summed E-state index contributed by atoms with van der Waals surface area (Å²) in [6, 6.07) is 10.7. The van der Waals surface area contributed by atoms with Crippen molar-refractivity contribution in [3.63, 3.8) is 0 Å². The average Bonchev–Trinajstić information content (AvgIpc) is 2.70. The van der Waals surface area contributed by atoms with Crippen molar-refractivity contribution in [3.05, 3.63) is 47.7 Å². The van der Waals surface area contributed by atoms with E-state index in [4.69, 9.17) is 5.73 Å². The highest BCUT2D eigenvalue weighted by atomic mass is 16.1. The van der Waals surface area contributed by atoms with E-state index in [1.165, 1.54) is 0 Å². The summed E-state index contributed by atoms with van der Waals surface area (Å²) in [5.74, 6) is 0.302. The van der Waals surface area contributed by atoms with Gasteiger partial charge in [-0.1, -0.05) is 24.3 Å². The fourth-order valence-electron chi connectivity index (χ4n) is 2.32. The van der Waals surface area contributed by atoms with Crippen molar-refractivity contribution in [1.29, 1.82) is 0 Å². The predicted octanol–water partition coefficient (Wildman–Crippen LogP) is 1.82. The summed E-state index contributed by atoms with van der Waals surface area (Å²) < 4.78 is 0. The summed E-state index contributed by atoms with van der Waals surface area (Å²) in [6.07, 6.45) is 0. The molecule has 4 rings (SSSR count). The molecule has 2 N–H and O–H groups in total. The van der Waals surface area contributed by atoms with Crippen molar-refractivity contribution in [3.8, 4) is 11.3 Å². The number of hydrogen-bond donors (Lipinski definition) is 1. The lowest BCUT2D eigenvalue weighted by molar-refractivity contribution is 0.103. The van der Waals surface area contributed by atoms with Gasteiger partial charge >= 0.3 is 0 Å². The van der Waals surface area contributed by atoms with Gasteiger partial charge in [0.15, 0.2) is 5.65 Å². The lowest BCUT2D eigenvalue weighted by atomic mass is 10.1. The Labute approximate surface area is 108 Å². The fraction of sp³-hybridized carbons (Fsp3) is 0. The Balaban J connectivity index is 2.11. The standard InChI is InChI=1S/C14H8N4O/c15-10-6-5-9-14(17-10)18-11-7-3-1-2-4-8(7)13(19)12(11)16-9/h1-6H,(H2,15,17,18). The van der Waals surface area contributed by atoms with Gasteiger partial charge in [-0.2, -0.15) is 0 Å². The molecule has 5 nitrogen and oxygen atoms in total. The molecular weight excluding hydrogens is 240 g/mol. The molecule has 0 amide bonds. The number of anilines is 1. The van der Waals surface area contributed by atoms with Gasteiger partial charge in [0, 0.05) is 11.1 Å². The molecule has 1 aliphatic carbocycles. The monoisotopic (exact) mass is 248 g/mol. The van der Waals surface area contributed by atoms with Gasteiger partial charge in [-0.05, 0) is 12.1 Å². The van der Waals surface area contributed by atoms with Gasteiger partial charge < -0.3 is 5.73 Å². The Hall–Kier alpha value is -2.82. The third-order valence-corrected chi connectivity index (χ3v) is 3.19. The van der Waals surface area contributed by atoms with Gasteiger partial charge in [0.2, 0.25) is 5.78 Å². The molecule has 0 saturated carbocycles. The average molecular weight is 248 g/mol. The molecule has 3 aromatic rings.